The summed E-state index contributed by atoms with van der Waals surface area (Å²) in [6.45, 7) is 7.22. The van der Waals surface area contributed by atoms with Crippen LogP contribution in [0.15, 0.2) is 12.3 Å². The lowest BCUT2D eigenvalue weighted by Gasteiger charge is -2.28. The summed E-state index contributed by atoms with van der Waals surface area (Å²) < 4.78 is 18.5. The van der Waals surface area contributed by atoms with Crippen LogP contribution in [0.5, 0.6) is 0 Å². The fourth-order valence-electron chi connectivity index (χ4n) is 2.05. The Balaban J connectivity index is 3.07. The lowest BCUT2D eigenvalue weighted by atomic mass is 10.2. The van der Waals surface area contributed by atoms with E-state index in [4.69, 9.17) is 4.74 Å². The molecular formula is C14H22FN3O2. The van der Waals surface area contributed by atoms with Crippen LogP contribution in [0.25, 0.3) is 0 Å². The van der Waals surface area contributed by atoms with Crippen LogP contribution in [0.2, 0.25) is 0 Å². The Morgan fingerprint density at radius 3 is 2.80 bits per heavy atom. The summed E-state index contributed by atoms with van der Waals surface area (Å²) in [6, 6.07) is 1.13. The second-order valence-corrected chi connectivity index (χ2v) is 4.48. The first-order valence-electron chi connectivity index (χ1n) is 6.74. The van der Waals surface area contributed by atoms with E-state index in [0.29, 0.717) is 25.5 Å². The SMILES string of the molecule is CCNc1ncc(F)cc1C(=O)N(CC)C(C)COC. The molecule has 112 valence electrons. The first-order chi connectivity index (χ1) is 9.54. The molecule has 1 rings (SSSR count). The van der Waals surface area contributed by atoms with Crippen molar-refractivity contribution in [2.45, 2.75) is 26.8 Å². The summed E-state index contributed by atoms with van der Waals surface area (Å²) >= 11 is 0. The monoisotopic (exact) mass is 283 g/mol. The Hall–Kier alpha value is -1.69. The molecule has 0 saturated heterocycles. The van der Waals surface area contributed by atoms with Gasteiger partial charge in [-0.3, -0.25) is 4.79 Å². The van der Waals surface area contributed by atoms with Crippen molar-refractivity contribution in [2.75, 3.05) is 32.1 Å². The third-order valence-corrected chi connectivity index (χ3v) is 2.97. The van der Waals surface area contributed by atoms with Crippen LogP contribution in [0.1, 0.15) is 31.1 Å². The highest BCUT2D eigenvalue weighted by atomic mass is 19.1. The predicted octanol–water partition coefficient (Wildman–Crippen LogP) is 2.15. The van der Waals surface area contributed by atoms with Crippen molar-refractivity contribution in [2.24, 2.45) is 0 Å². The van der Waals surface area contributed by atoms with Crippen molar-refractivity contribution in [3.63, 3.8) is 0 Å². The second kappa shape index (κ2) is 7.79. The highest BCUT2D eigenvalue weighted by Crippen LogP contribution is 2.17. The molecule has 1 amide bonds. The number of methoxy groups -OCH3 is 1. The average molecular weight is 283 g/mol. The van der Waals surface area contributed by atoms with Crippen LogP contribution >= 0.6 is 0 Å². The fraction of sp³-hybridized carbons (Fsp3) is 0.571. The van der Waals surface area contributed by atoms with Gasteiger partial charge in [0.15, 0.2) is 0 Å². The summed E-state index contributed by atoms with van der Waals surface area (Å²) in [5.41, 5.74) is 0.247. The first-order valence-corrected chi connectivity index (χ1v) is 6.74. The van der Waals surface area contributed by atoms with Gasteiger partial charge in [0, 0.05) is 20.2 Å². The molecule has 1 heterocycles. The van der Waals surface area contributed by atoms with Gasteiger partial charge < -0.3 is 15.0 Å². The molecule has 1 N–H and O–H groups in total. The number of anilines is 1. The van der Waals surface area contributed by atoms with E-state index in [1.165, 1.54) is 6.07 Å². The third-order valence-electron chi connectivity index (χ3n) is 2.97. The largest absolute Gasteiger partial charge is 0.383 e. The van der Waals surface area contributed by atoms with Gasteiger partial charge in [-0.1, -0.05) is 0 Å². The number of rotatable bonds is 7. The van der Waals surface area contributed by atoms with Crippen molar-refractivity contribution < 1.29 is 13.9 Å². The zero-order chi connectivity index (χ0) is 15.1. The summed E-state index contributed by atoms with van der Waals surface area (Å²) in [7, 11) is 1.59. The van der Waals surface area contributed by atoms with Gasteiger partial charge in [-0.15, -0.1) is 0 Å². The smallest absolute Gasteiger partial charge is 0.258 e. The van der Waals surface area contributed by atoms with Crippen LogP contribution < -0.4 is 5.32 Å². The average Bonchev–Trinajstić information content (AvgIpc) is 2.42. The number of nitrogens with one attached hydrogen (secondary N) is 1. The topological polar surface area (TPSA) is 54.5 Å². The standard InChI is InChI=1S/C14H22FN3O2/c1-5-16-13-12(7-11(15)8-17-13)14(19)18(6-2)10(3)9-20-4/h7-8,10H,5-6,9H2,1-4H3,(H,16,17). The molecule has 0 bridgehead atoms. The van der Waals surface area contributed by atoms with E-state index in [2.05, 4.69) is 10.3 Å². The zero-order valence-electron chi connectivity index (χ0n) is 12.4. The Morgan fingerprint density at radius 1 is 1.55 bits per heavy atom. The number of carbonyl (C=O) groups is 1. The molecular weight excluding hydrogens is 261 g/mol. The minimum Gasteiger partial charge on any atom is -0.383 e. The zero-order valence-corrected chi connectivity index (χ0v) is 12.4. The van der Waals surface area contributed by atoms with Gasteiger partial charge in [0.2, 0.25) is 0 Å². The van der Waals surface area contributed by atoms with Gasteiger partial charge in [0.05, 0.1) is 24.4 Å². The minimum absolute atomic E-state index is 0.0877. The fourth-order valence-corrected chi connectivity index (χ4v) is 2.05. The molecule has 0 radical (unpaired) electrons. The van der Waals surface area contributed by atoms with Gasteiger partial charge in [0.25, 0.3) is 5.91 Å². The molecule has 20 heavy (non-hydrogen) atoms. The van der Waals surface area contributed by atoms with Crippen LogP contribution in [-0.4, -0.2) is 48.6 Å². The Morgan fingerprint density at radius 2 is 2.25 bits per heavy atom. The quantitative estimate of drug-likeness (QED) is 0.833. The van der Waals surface area contributed by atoms with Gasteiger partial charge in [-0.25, -0.2) is 9.37 Å². The lowest BCUT2D eigenvalue weighted by Crippen LogP contribution is -2.41. The van der Waals surface area contributed by atoms with Crippen LogP contribution in [-0.2, 0) is 4.74 Å². The van der Waals surface area contributed by atoms with E-state index >= 15 is 0 Å². The van der Waals surface area contributed by atoms with E-state index in [1.54, 1.807) is 12.0 Å². The molecule has 0 aliphatic carbocycles. The van der Waals surface area contributed by atoms with Crippen molar-refractivity contribution in [3.05, 3.63) is 23.6 Å². The summed E-state index contributed by atoms with van der Waals surface area (Å²) in [4.78, 5) is 18.1. The number of nitrogens with zero attached hydrogens (tertiary/aromatic N) is 2. The summed E-state index contributed by atoms with van der Waals surface area (Å²) in [5.74, 6) is -0.368. The van der Waals surface area contributed by atoms with Crippen molar-refractivity contribution in [3.8, 4) is 0 Å². The number of amides is 1. The van der Waals surface area contributed by atoms with Gasteiger partial charge in [-0.05, 0) is 26.8 Å². The van der Waals surface area contributed by atoms with E-state index < -0.39 is 5.82 Å². The summed E-state index contributed by atoms with van der Waals surface area (Å²) in [5, 5.41) is 2.98. The Kier molecular flexibility index (Phi) is 6.38. The lowest BCUT2D eigenvalue weighted by molar-refractivity contribution is 0.0579. The maximum Gasteiger partial charge on any atom is 0.258 e. The maximum absolute atomic E-state index is 13.4. The molecule has 1 aromatic heterocycles. The molecule has 0 fully saturated rings. The number of carbonyl (C=O) groups excluding carboxylic acids is 1. The highest BCUT2D eigenvalue weighted by Gasteiger charge is 2.23. The number of aromatic nitrogens is 1. The molecule has 1 unspecified atom stereocenters. The number of likely N-dealkylation sites (N-methyl/N-ethyl adjacent to an activating group) is 1. The number of hydrogen-bond acceptors (Lipinski definition) is 4. The molecule has 0 aliphatic heterocycles. The molecule has 0 spiro atoms. The number of halogens is 1. The molecule has 0 aliphatic rings. The first kappa shape index (κ1) is 16.4. The Labute approximate surface area is 119 Å². The number of hydrogen-bond donors (Lipinski definition) is 1. The van der Waals surface area contributed by atoms with E-state index in [0.717, 1.165) is 6.20 Å². The number of ether oxygens (including phenoxy) is 1. The molecule has 1 aromatic rings. The normalized spacial score (nSPS) is 12.1. The van der Waals surface area contributed by atoms with E-state index in [1.807, 2.05) is 20.8 Å². The minimum atomic E-state index is -0.523. The van der Waals surface area contributed by atoms with Gasteiger partial charge in [-0.2, -0.15) is 0 Å². The second-order valence-electron chi connectivity index (χ2n) is 4.48. The maximum atomic E-state index is 13.4. The molecule has 0 saturated carbocycles. The van der Waals surface area contributed by atoms with E-state index in [-0.39, 0.29) is 17.5 Å². The molecule has 0 aromatic carbocycles. The van der Waals surface area contributed by atoms with E-state index in [9.17, 15) is 9.18 Å². The molecule has 5 nitrogen and oxygen atoms in total. The summed E-state index contributed by atoms with van der Waals surface area (Å²) in [6.07, 6.45) is 1.10. The predicted molar refractivity (Wildman–Crippen MR) is 76.4 cm³/mol. The van der Waals surface area contributed by atoms with Gasteiger partial charge in [0.1, 0.15) is 11.6 Å². The van der Waals surface area contributed by atoms with Crippen LogP contribution in [0, 0.1) is 5.82 Å². The van der Waals surface area contributed by atoms with Crippen LogP contribution in [0.4, 0.5) is 10.2 Å². The van der Waals surface area contributed by atoms with Crippen LogP contribution in [0.3, 0.4) is 0 Å². The highest BCUT2D eigenvalue weighted by molar-refractivity contribution is 5.98. The Bertz CT molecular complexity index is 454. The van der Waals surface area contributed by atoms with Crippen molar-refractivity contribution in [1.29, 1.82) is 0 Å². The van der Waals surface area contributed by atoms with Gasteiger partial charge >= 0.3 is 0 Å². The number of pyridine rings is 1. The van der Waals surface area contributed by atoms with Crippen molar-refractivity contribution >= 4 is 11.7 Å². The van der Waals surface area contributed by atoms with Crippen molar-refractivity contribution in [1.82, 2.24) is 9.88 Å². The molecule has 6 heteroatoms. The molecule has 1 atom stereocenters. The third kappa shape index (κ3) is 3.90.